The van der Waals surface area contributed by atoms with Gasteiger partial charge in [-0.25, -0.2) is 0 Å². The Hall–Kier alpha value is 0.110. The first-order chi connectivity index (χ1) is 6.77. The average Bonchev–Trinajstić information content (AvgIpc) is 2.25. The number of hydrogen-bond donors (Lipinski definition) is 1. The van der Waals surface area contributed by atoms with Crippen LogP contribution in [0.3, 0.4) is 0 Å². The quantitative estimate of drug-likeness (QED) is 0.764. The van der Waals surface area contributed by atoms with Gasteiger partial charge < -0.3 is 5.32 Å². The summed E-state index contributed by atoms with van der Waals surface area (Å²) in [4.78, 5) is 0. The zero-order valence-corrected chi connectivity index (χ0v) is 10.2. The highest BCUT2D eigenvalue weighted by Crippen LogP contribution is 2.22. The summed E-state index contributed by atoms with van der Waals surface area (Å²) in [5.74, 6) is 0.825. The van der Waals surface area contributed by atoms with Crippen LogP contribution in [0.2, 0.25) is 0 Å². The molecule has 0 aliphatic heterocycles. The van der Waals surface area contributed by atoms with Gasteiger partial charge in [-0.1, -0.05) is 20.3 Å². The molecule has 0 amide bonds. The van der Waals surface area contributed by atoms with Crippen molar-refractivity contribution in [2.75, 3.05) is 12.3 Å². The lowest BCUT2D eigenvalue weighted by Gasteiger charge is -2.29. The second-order valence-corrected chi connectivity index (χ2v) is 6.11. The third-order valence-electron chi connectivity index (χ3n) is 2.97. The average molecular weight is 217 g/mol. The Bertz CT molecular complexity index is 184. The summed E-state index contributed by atoms with van der Waals surface area (Å²) in [7, 11) is -0.580. The van der Waals surface area contributed by atoms with Crippen LogP contribution in [0.4, 0.5) is 0 Å². The van der Waals surface area contributed by atoms with Crippen molar-refractivity contribution in [3.05, 3.63) is 0 Å². The smallest absolute Gasteiger partial charge is 0.0362 e. The van der Waals surface area contributed by atoms with Gasteiger partial charge in [0.15, 0.2) is 0 Å². The van der Waals surface area contributed by atoms with E-state index in [1.54, 1.807) is 0 Å². The first-order valence-electron chi connectivity index (χ1n) is 5.88. The molecule has 1 fully saturated rings. The summed E-state index contributed by atoms with van der Waals surface area (Å²) in [6, 6.07) is 0.629. The van der Waals surface area contributed by atoms with Crippen LogP contribution in [0.1, 0.15) is 46.0 Å². The highest BCUT2D eigenvalue weighted by atomic mass is 32.2. The van der Waals surface area contributed by atoms with Gasteiger partial charge in [0.2, 0.25) is 0 Å². The van der Waals surface area contributed by atoms with Crippen LogP contribution in [0.15, 0.2) is 0 Å². The highest BCUT2D eigenvalue weighted by Gasteiger charge is 2.24. The van der Waals surface area contributed by atoms with Gasteiger partial charge in [0.1, 0.15) is 0 Å². The third-order valence-corrected chi connectivity index (χ3v) is 4.71. The first kappa shape index (κ1) is 12.2. The maximum atomic E-state index is 11.7. The zero-order chi connectivity index (χ0) is 10.4. The number of rotatable bonds is 5. The SMILES string of the molecule is CCCNC1CCCC(S(=O)CC)C1. The molecule has 0 radical (unpaired) electrons. The van der Waals surface area contributed by atoms with Crippen LogP contribution in [0.5, 0.6) is 0 Å². The van der Waals surface area contributed by atoms with E-state index in [1.807, 2.05) is 6.92 Å². The first-order valence-corrected chi connectivity index (χ1v) is 7.26. The van der Waals surface area contributed by atoms with Crippen molar-refractivity contribution >= 4 is 10.8 Å². The molecule has 0 spiro atoms. The van der Waals surface area contributed by atoms with Gasteiger partial charge in [0.25, 0.3) is 0 Å². The molecule has 0 aromatic rings. The van der Waals surface area contributed by atoms with Crippen molar-refractivity contribution in [3.8, 4) is 0 Å². The maximum Gasteiger partial charge on any atom is 0.0362 e. The minimum atomic E-state index is -0.580. The topological polar surface area (TPSA) is 29.1 Å². The Kier molecular flexibility index (Phi) is 5.71. The van der Waals surface area contributed by atoms with E-state index in [-0.39, 0.29) is 0 Å². The molecule has 1 aliphatic rings. The molecule has 0 aromatic heterocycles. The lowest BCUT2D eigenvalue weighted by molar-refractivity contribution is 0.378. The van der Waals surface area contributed by atoms with Crippen molar-refractivity contribution in [2.24, 2.45) is 0 Å². The molecule has 84 valence electrons. The molecule has 1 aliphatic carbocycles. The molecule has 0 saturated heterocycles. The standard InChI is InChI=1S/C11H23NOS/c1-3-8-12-10-6-5-7-11(9-10)14(13)4-2/h10-12H,3-9H2,1-2H3. The van der Waals surface area contributed by atoms with Crippen molar-refractivity contribution < 1.29 is 4.21 Å². The Morgan fingerprint density at radius 3 is 2.79 bits per heavy atom. The largest absolute Gasteiger partial charge is 0.314 e. The monoisotopic (exact) mass is 217 g/mol. The third kappa shape index (κ3) is 3.70. The molecular formula is C11H23NOS. The van der Waals surface area contributed by atoms with E-state index in [2.05, 4.69) is 12.2 Å². The molecule has 1 rings (SSSR count). The van der Waals surface area contributed by atoms with Crippen molar-refractivity contribution in [1.29, 1.82) is 0 Å². The molecule has 0 heterocycles. The van der Waals surface area contributed by atoms with Gasteiger partial charge in [0.05, 0.1) is 0 Å². The zero-order valence-electron chi connectivity index (χ0n) is 9.42. The summed E-state index contributed by atoms with van der Waals surface area (Å²) in [5, 5.41) is 4.01. The number of hydrogen-bond acceptors (Lipinski definition) is 2. The maximum absolute atomic E-state index is 11.7. The van der Waals surface area contributed by atoms with Gasteiger partial charge in [-0.3, -0.25) is 4.21 Å². The molecule has 1 N–H and O–H groups in total. The Morgan fingerprint density at radius 1 is 1.36 bits per heavy atom. The fourth-order valence-corrected chi connectivity index (χ4v) is 3.50. The molecule has 3 heteroatoms. The summed E-state index contributed by atoms with van der Waals surface area (Å²) in [5.41, 5.74) is 0. The Morgan fingerprint density at radius 2 is 2.14 bits per heavy atom. The van der Waals surface area contributed by atoms with E-state index >= 15 is 0 Å². The van der Waals surface area contributed by atoms with Gasteiger partial charge in [0, 0.05) is 27.8 Å². The molecule has 2 nitrogen and oxygen atoms in total. The molecule has 3 atom stereocenters. The normalized spacial score (nSPS) is 30.1. The summed E-state index contributed by atoms with van der Waals surface area (Å²) >= 11 is 0. The van der Waals surface area contributed by atoms with E-state index in [0.717, 1.165) is 18.7 Å². The van der Waals surface area contributed by atoms with E-state index in [0.29, 0.717) is 11.3 Å². The number of nitrogens with one attached hydrogen (secondary N) is 1. The Balaban J connectivity index is 2.31. The van der Waals surface area contributed by atoms with Crippen molar-refractivity contribution in [2.45, 2.75) is 57.2 Å². The second kappa shape index (κ2) is 6.57. The predicted molar refractivity (Wildman–Crippen MR) is 63.0 cm³/mol. The van der Waals surface area contributed by atoms with Crippen LogP contribution < -0.4 is 5.32 Å². The van der Waals surface area contributed by atoms with E-state index in [4.69, 9.17) is 0 Å². The van der Waals surface area contributed by atoms with Gasteiger partial charge in [-0.05, 0) is 32.2 Å². The fourth-order valence-electron chi connectivity index (χ4n) is 2.15. The molecule has 14 heavy (non-hydrogen) atoms. The Labute approximate surface area is 90.3 Å². The van der Waals surface area contributed by atoms with Crippen LogP contribution in [-0.2, 0) is 10.8 Å². The second-order valence-electron chi connectivity index (χ2n) is 4.11. The lowest BCUT2D eigenvalue weighted by atomic mass is 9.95. The van der Waals surface area contributed by atoms with E-state index < -0.39 is 10.8 Å². The summed E-state index contributed by atoms with van der Waals surface area (Å²) in [6.07, 6.45) is 6.01. The molecular weight excluding hydrogens is 194 g/mol. The van der Waals surface area contributed by atoms with Gasteiger partial charge >= 0.3 is 0 Å². The lowest BCUT2D eigenvalue weighted by Crippen LogP contribution is -2.38. The summed E-state index contributed by atoms with van der Waals surface area (Å²) < 4.78 is 11.7. The van der Waals surface area contributed by atoms with E-state index in [9.17, 15) is 4.21 Å². The van der Waals surface area contributed by atoms with Gasteiger partial charge in [-0.15, -0.1) is 0 Å². The van der Waals surface area contributed by atoms with Crippen molar-refractivity contribution in [3.63, 3.8) is 0 Å². The molecule has 3 unspecified atom stereocenters. The molecule has 1 saturated carbocycles. The highest BCUT2D eigenvalue weighted by molar-refractivity contribution is 7.85. The van der Waals surface area contributed by atoms with Gasteiger partial charge in [-0.2, -0.15) is 0 Å². The molecule has 0 aromatic carbocycles. The van der Waals surface area contributed by atoms with Crippen LogP contribution in [0.25, 0.3) is 0 Å². The predicted octanol–water partition coefficient (Wildman–Crippen LogP) is 2.07. The van der Waals surface area contributed by atoms with Crippen LogP contribution in [0, 0.1) is 0 Å². The van der Waals surface area contributed by atoms with Crippen molar-refractivity contribution in [1.82, 2.24) is 5.32 Å². The van der Waals surface area contributed by atoms with E-state index in [1.165, 1.54) is 25.7 Å². The van der Waals surface area contributed by atoms with Crippen LogP contribution in [-0.4, -0.2) is 27.8 Å². The minimum Gasteiger partial charge on any atom is -0.314 e. The van der Waals surface area contributed by atoms with Crippen LogP contribution >= 0.6 is 0 Å². The molecule has 0 bridgehead atoms. The fraction of sp³-hybridized carbons (Fsp3) is 1.00. The minimum absolute atomic E-state index is 0.461. The summed E-state index contributed by atoms with van der Waals surface area (Å²) in [6.45, 7) is 5.33.